The summed E-state index contributed by atoms with van der Waals surface area (Å²) in [6.07, 6.45) is 14.9. The van der Waals surface area contributed by atoms with Crippen LogP contribution in [0.1, 0.15) is 17.5 Å². The number of piperazine rings is 1. The molecule has 0 aliphatic carbocycles. The Bertz CT molecular complexity index is 1830. The van der Waals surface area contributed by atoms with E-state index in [1.807, 2.05) is 29.2 Å². The molecule has 0 atom stereocenters. The molecule has 7 heterocycles. The van der Waals surface area contributed by atoms with E-state index in [0.29, 0.717) is 11.4 Å². The van der Waals surface area contributed by atoms with Gasteiger partial charge in [-0.3, -0.25) is 4.90 Å². The zero-order valence-electron chi connectivity index (χ0n) is 24.7. The summed E-state index contributed by atoms with van der Waals surface area (Å²) < 4.78 is 9.17. The average molecular weight is 585 g/mol. The van der Waals surface area contributed by atoms with Gasteiger partial charge in [0.15, 0.2) is 18.1 Å². The molecule has 2 aliphatic rings. The largest absolute Gasteiger partial charge is 0.481 e. The van der Waals surface area contributed by atoms with Gasteiger partial charge in [0, 0.05) is 106 Å². The molecule has 0 bridgehead atoms. The minimum absolute atomic E-state index is 0.544. The van der Waals surface area contributed by atoms with Gasteiger partial charge >= 0.3 is 0 Å². The van der Waals surface area contributed by atoms with E-state index in [9.17, 15) is 5.26 Å². The number of nitrogens with one attached hydrogen (secondary N) is 1. The molecule has 10 nitrogen and oxygen atoms in total. The number of methoxy groups -OCH3 is 1. The lowest BCUT2D eigenvalue weighted by molar-refractivity contribution is -0.583. The highest BCUT2D eigenvalue weighted by Crippen LogP contribution is 2.32. The van der Waals surface area contributed by atoms with Crippen molar-refractivity contribution in [2.75, 3.05) is 51.3 Å². The number of aromatic nitrogens is 5. The highest BCUT2D eigenvalue weighted by atomic mass is 16.5. The predicted octanol–water partition coefficient (Wildman–Crippen LogP) is 3.78. The van der Waals surface area contributed by atoms with E-state index in [4.69, 9.17) is 9.72 Å². The van der Waals surface area contributed by atoms with Crippen molar-refractivity contribution in [2.24, 2.45) is 0 Å². The van der Waals surface area contributed by atoms with Gasteiger partial charge in [0.05, 0.1) is 24.4 Å². The Morgan fingerprint density at radius 3 is 2.50 bits per heavy atom. The summed E-state index contributed by atoms with van der Waals surface area (Å²) in [6, 6.07) is 16.9. The molecular weight excluding hydrogens is 550 g/mol. The summed E-state index contributed by atoms with van der Waals surface area (Å²) in [5.41, 5.74) is 7.82. The Morgan fingerprint density at radius 2 is 1.82 bits per heavy atom. The summed E-state index contributed by atoms with van der Waals surface area (Å²) >= 11 is 0. The van der Waals surface area contributed by atoms with Gasteiger partial charge in [-0.2, -0.15) is 14.9 Å². The molecule has 7 rings (SSSR count). The van der Waals surface area contributed by atoms with Crippen LogP contribution in [0.3, 0.4) is 0 Å². The second-order valence-electron chi connectivity index (χ2n) is 11.1. The summed E-state index contributed by atoms with van der Waals surface area (Å²) in [7, 11) is 1.63. The quantitative estimate of drug-likeness (QED) is 0.289. The van der Waals surface area contributed by atoms with E-state index in [1.54, 1.807) is 13.3 Å². The molecule has 0 radical (unpaired) electrons. The molecule has 10 heteroatoms. The lowest BCUT2D eigenvalue weighted by atomic mass is 10.0. The van der Waals surface area contributed by atoms with Crippen LogP contribution in [0.15, 0.2) is 85.7 Å². The Labute approximate surface area is 256 Å². The van der Waals surface area contributed by atoms with Crippen LogP contribution in [0.25, 0.3) is 33.5 Å². The van der Waals surface area contributed by atoms with Gasteiger partial charge in [-0.1, -0.05) is 6.07 Å². The Balaban J connectivity index is 1.10. The summed E-state index contributed by atoms with van der Waals surface area (Å²) in [6.45, 7) is 6.46. The number of nitrogens with zero attached hydrogens (tertiary/aromatic N) is 8. The predicted molar refractivity (Wildman–Crippen MR) is 169 cm³/mol. The van der Waals surface area contributed by atoms with Crippen molar-refractivity contribution in [3.05, 3.63) is 96.8 Å². The molecule has 0 amide bonds. The zero-order chi connectivity index (χ0) is 29.9. The van der Waals surface area contributed by atoms with Gasteiger partial charge in [-0.25, -0.2) is 14.5 Å². The third kappa shape index (κ3) is 5.63. The first-order chi connectivity index (χ1) is 21.7. The van der Waals surface area contributed by atoms with Gasteiger partial charge < -0.3 is 15.0 Å². The molecule has 5 aromatic heterocycles. The van der Waals surface area contributed by atoms with Gasteiger partial charge in [0.1, 0.15) is 11.9 Å². The lowest BCUT2D eigenvalue weighted by Gasteiger charge is -2.35. The molecule has 0 unspecified atom stereocenters. The zero-order valence-corrected chi connectivity index (χ0v) is 24.7. The second-order valence-corrected chi connectivity index (χ2v) is 11.1. The van der Waals surface area contributed by atoms with Gasteiger partial charge in [0.25, 0.3) is 0 Å². The number of hydrogen-bond acceptors (Lipinski definition) is 8. The third-order valence-electron chi connectivity index (χ3n) is 8.43. The SMILES string of the molecule is COc1ccc(CN2CCN(c3ccc(-c4cc(-c5cc[n+](C6=CCNCC6)cc5)cn5ncc(C#N)c45)cn3)CC2)cn1. The van der Waals surface area contributed by atoms with E-state index < -0.39 is 0 Å². The topological polar surface area (TPSA) is 98.5 Å². The first-order valence-corrected chi connectivity index (χ1v) is 14.9. The van der Waals surface area contributed by atoms with Gasteiger partial charge in [0.2, 0.25) is 5.88 Å². The maximum Gasteiger partial charge on any atom is 0.212 e. The highest BCUT2D eigenvalue weighted by Gasteiger charge is 2.20. The van der Waals surface area contributed by atoms with Crippen molar-refractivity contribution in [1.82, 2.24) is 29.8 Å². The van der Waals surface area contributed by atoms with Crippen molar-refractivity contribution in [3.8, 4) is 34.2 Å². The summed E-state index contributed by atoms with van der Waals surface area (Å²) in [5.74, 6) is 1.59. The van der Waals surface area contributed by atoms with Crippen molar-refractivity contribution < 1.29 is 9.30 Å². The molecule has 220 valence electrons. The van der Waals surface area contributed by atoms with Crippen LogP contribution >= 0.6 is 0 Å². The van der Waals surface area contributed by atoms with Crippen LogP contribution in [0.4, 0.5) is 5.82 Å². The van der Waals surface area contributed by atoms with Crippen LogP contribution in [-0.2, 0) is 6.54 Å². The van der Waals surface area contributed by atoms with E-state index in [2.05, 4.69) is 90.7 Å². The number of rotatable bonds is 7. The fraction of sp³-hybridized carbons (Fsp3) is 0.265. The smallest absolute Gasteiger partial charge is 0.212 e. The molecule has 44 heavy (non-hydrogen) atoms. The van der Waals surface area contributed by atoms with Crippen molar-refractivity contribution >= 4 is 17.0 Å². The summed E-state index contributed by atoms with van der Waals surface area (Å²) in [5, 5.41) is 17.7. The van der Waals surface area contributed by atoms with Crippen LogP contribution < -0.4 is 19.5 Å². The van der Waals surface area contributed by atoms with Crippen LogP contribution in [0.5, 0.6) is 5.88 Å². The maximum atomic E-state index is 9.84. The first-order valence-electron chi connectivity index (χ1n) is 14.9. The molecule has 5 aromatic rings. The van der Waals surface area contributed by atoms with Gasteiger partial charge in [-0.05, 0) is 35.4 Å². The molecule has 1 fully saturated rings. The van der Waals surface area contributed by atoms with Crippen molar-refractivity contribution in [1.29, 1.82) is 5.26 Å². The molecule has 1 N–H and O–H groups in total. The average Bonchev–Trinajstić information content (AvgIpc) is 3.52. The Kier molecular flexibility index (Phi) is 7.71. The van der Waals surface area contributed by atoms with Crippen molar-refractivity contribution in [2.45, 2.75) is 13.0 Å². The van der Waals surface area contributed by atoms with E-state index >= 15 is 0 Å². The number of fused-ring (bicyclic) bond motifs is 1. The molecule has 0 aromatic carbocycles. The minimum Gasteiger partial charge on any atom is -0.481 e. The van der Waals surface area contributed by atoms with Gasteiger partial charge in [-0.15, -0.1) is 0 Å². The molecular formula is C34H34N9O+. The minimum atomic E-state index is 0.544. The van der Waals surface area contributed by atoms with Crippen LogP contribution in [0, 0.1) is 11.3 Å². The number of pyridine rings is 4. The number of ether oxygens (including phenoxy) is 1. The fourth-order valence-corrected chi connectivity index (χ4v) is 5.99. The number of anilines is 1. The molecule has 0 saturated carbocycles. The first kappa shape index (κ1) is 27.7. The molecule has 0 spiro atoms. The Morgan fingerprint density at radius 1 is 0.955 bits per heavy atom. The lowest BCUT2D eigenvalue weighted by Crippen LogP contribution is -2.46. The number of nitriles is 1. The standard InChI is InChI=1S/C34H34N9O/c1-44-33-5-2-25(20-38-33)23-40-14-16-42(17-15-40)32-4-3-27(21-37-32)31-18-28(24-43-34(31)29(19-35)22-39-43)26-8-12-41(13-9-26)30-6-10-36-11-7-30/h2-6,8-9,12-13,18,20-22,24,36H,7,10-11,14-17,23H2,1H3/q+1. The van der Waals surface area contributed by atoms with E-state index in [-0.39, 0.29) is 0 Å². The highest BCUT2D eigenvalue weighted by molar-refractivity contribution is 5.87. The second kappa shape index (κ2) is 12.2. The molecule has 1 saturated heterocycles. The monoisotopic (exact) mass is 584 g/mol. The summed E-state index contributed by atoms with van der Waals surface area (Å²) in [4.78, 5) is 14.0. The van der Waals surface area contributed by atoms with Crippen LogP contribution in [0.2, 0.25) is 0 Å². The van der Waals surface area contributed by atoms with E-state index in [0.717, 1.165) is 85.8 Å². The number of hydrogen-bond donors (Lipinski definition) is 1. The Hall–Kier alpha value is -5.11. The normalized spacial score (nSPS) is 15.6. The molecule has 2 aliphatic heterocycles. The van der Waals surface area contributed by atoms with Crippen LogP contribution in [-0.4, -0.2) is 70.9 Å². The van der Waals surface area contributed by atoms with Crippen molar-refractivity contribution in [3.63, 3.8) is 0 Å². The van der Waals surface area contributed by atoms with E-state index in [1.165, 1.54) is 11.3 Å². The maximum absolute atomic E-state index is 9.84. The third-order valence-corrected chi connectivity index (χ3v) is 8.43. The fourth-order valence-electron chi connectivity index (χ4n) is 5.99.